The lowest BCUT2D eigenvalue weighted by atomic mass is 10.1. The van der Waals surface area contributed by atoms with Crippen molar-refractivity contribution in [2.45, 2.75) is 45.6 Å². The number of amides is 1. The summed E-state index contributed by atoms with van der Waals surface area (Å²) in [5, 5.41) is 3.76. The lowest BCUT2D eigenvalue weighted by Gasteiger charge is -2.24. The van der Waals surface area contributed by atoms with Crippen LogP contribution in [0.2, 0.25) is 5.02 Å². The average molecular weight is 542 g/mol. The monoisotopic (exact) mass is 541 g/mol. The highest BCUT2D eigenvalue weighted by molar-refractivity contribution is 14.1. The highest BCUT2D eigenvalue weighted by Crippen LogP contribution is 2.36. The van der Waals surface area contributed by atoms with Crippen LogP contribution in [0, 0.1) is 3.70 Å². The van der Waals surface area contributed by atoms with Gasteiger partial charge in [0, 0.05) is 5.56 Å². The van der Waals surface area contributed by atoms with Crippen molar-refractivity contribution in [3.63, 3.8) is 0 Å². The molecule has 0 bridgehead atoms. The molecule has 1 aliphatic heterocycles. The van der Waals surface area contributed by atoms with E-state index < -0.39 is 34.9 Å². The molecule has 0 aliphatic carbocycles. The third-order valence-electron chi connectivity index (χ3n) is 4.11. The number of ether oxygens (including phenoxy) is 1. The summed E-state index contributed by atoms with van der Waals surface area (Å²) in [6.07, 6.45) is -5.35. The van der Waals surface area contributed by atoms with Crippen LogP contribution in [0.1, 0.15) is 48.0 Å². The molecular weight excluding hydrogens is 526 g/mol. The quantitative estimate of drug-likeness (QED) is 0.472. The maximum absolute atomic E-state index is 13.4. The molecule has 2 aromatic rings. The summed E-state index contributed by atoms with van der Waals surface area (Å²) < 4.78 is 46.8. The summed E-state index contributed by atoms with van der Waals surface area (Å²) in [7, 11) is 0. The second kappa shape index (κ2) is 7.46. The summed E-state index contributed by atoms with van der Waals surface area (Å²) in [5.74, 6) is -1.01. The van der Waals surface area contributed by atoms with E-state index in [0.717, 1.165) is 16.8 Å². The van der Waals surface area contributed by atoms with E-state index in [1.54, 1.807) is 20.8 Å². The lowest BCUT2D eigenvalue weighted by Crippen LogP contribution is -2.34. The molecule has 0 saturated carbocycles. The normalized spacial score (nSPS) is 14.1. The number of aromatic nitrogens is 2. The van der Waals surface area contributed by atoms with Gasteiger partial charge in [-0.05, 0) is 55.5 Å². The summed E-state index contributed by atoms with van der Waals surface area (Å²) in [6.45, 7) is 5.29. The SMILES string of the molecule is CC(C)(C)OC(=O)N1Cc2c(I)nn(C(=O)c3c(Cl)cccc3C(F)(F)F)c2C1. The smallest absolute Gasteiger partial charge is 0.417 e. The third kappa shape index (κ3) is 4.37. The molecule has 1 amide bonds. The molecule has 6 nitrogen and oxygen atoms in total. The number of alkyl halides is 3. The average Bonchev–Trinajstić information content (AvgIpc) is 3.13. The number of hydrogen-bond acceptors (Lipinski definition) is 4. The predicted molar refractivity (Wildman–Crippen MR) is 107 cm³/mol. The molecule has 3 rings (SSSR count). The van der Waals surface area contributed by atoms with E-state index in [-0.39, 0.29) is 18.1 Å². The highest BCUT2D eigenvalue weighted by Gasteiger charge is 2.39. The molecule has 0 atom stereocenters. The first-order chi connectivity index (χ1) is 13.3. The molecular formula is C18H16ClF3IN3O3. The summed E-state index contributed by atoms with van der Waals surface area (Å²) in [6, 6.07) is 3.13. The number of halogens is 5. The minimum absolute atomic E-state index is 0.0161. The molecule has 0 saturated heterocycles. The number of carbonyl (C=O) groups is 2. The van der Waals surface area contributed by atoms with Gasteiger partial charge >= 0.3 is 12.3 Å². The van der Waals surface area contributed by atoms with Crippen LogP contribution in [0.25, 0.3) is 0 Å². The summed E-state index contributed by atoms with van der Waals surface area (Å²) in [4.78, 5) is 26.7. The Bertz CT molecular complexity index is 999. The van der Waals surface area contributed by atoms with Crippen LogP contribution in [0.5, 0.6) is 0 Å². The third-order valence-corrected chi connectivity index (χ3v) is 5.29. The molecule has 1 aromatic carbocycles. The minimum atomic E-state index is -4.76. The molecule has 2 heterocycles. The van der Waals surface area contributed by atoms with Gasteiger partial charge in [0.15, 0.2) is 0 Å². The van der Waals surface area contributed by atoms with Crippen molar-refractivity contribution in [1.29, 1.82) is 0 Å². The van der Waals surface area contributed by atoms with Gasteiger partial charge in [0.05, 0.1) is 34.9 Å². The number of nitrogens with zero attached hydrogens (tertiary/aromatic N) is 3. The summed E-state index contributed by atoms with van der Waals surface area (Å²) >= 11 is 7.82. The van der Waals surface area contributed by atoms with Crippen molar-refractivity contribution in [2.24, 2.45) is 0 Å². The maximum atomic E-state index is 13.4. The molecule has 0 unspecified atom stereocenters. The van der Waals surface area contributed by atoms with Gasteiger partial charge in [-0.2, -0.15) is 23.0 Å². The Hall–Kier alpha value is -1.82. The molecule has 0 N–H and O–H groups in total. The van der Waals surface area contributed by atoms with Gasteiger partial charge in [-0.25, -0.2) is 4.79 Å². The Morgan fingerprint density at radius 2 is 1.86 bits per heavy atom. The Morgan fingerprint density at radius 1 is 1.21 bits per heavy atom. The number of rotatable bonds is 1. The first-order valence-electron chi connectivity index (χ1n) is 8.44. The van der Waals surface area contributed by atoms with Crippen molar-refractivity contribution < 1.29 is 27.5 Å². The largest absolute Gasteiger partial charge is 0.444 e. The van der Waals surface area contributed by atoms with E-state index in [1.165, 1.54) is 11.0 Å². The Labute approximate surface area is 183 Å². The molecule has 0 radical (unpaired) electrons. The fourth-order valence-corrected chi connectivity index (χ4v) is 3.86. The predicted octanol–water partition coefficient (Wildman–Crippen LogP) is 5.10. The van der Waals surface area contributed by atoms with Gasteiger partial charge in [-0.15, -0.1) is 0 Å². The Morgan fingerprint density at radius 3 is 2.45 bits per heavy atom. The second-order valence-corrected chi connectivity index (χ2v) is 8.86. The maximum Gasteiger partial charge on any atom is 0.417 e. The standard InChI is InChI=1S/C18H16ClF3IN3O3/c1-17(2,3)29-16(28)25-7-9-12(8-25)26(24-14(9)23)15(27)13-10(18(20,21)22)5-4-6-11(13)19/h4-6H,7-8H2,1-3H3. The van der Waals surface area contributed by atoms with Gasteiger partial charge < -0.3 is 4.74 Å². The fourth-order valence-electron chi connectivity index (χ4n) is 2.91. The lowest BCUT2D eigenvalue weighted by molar-refractivity contribution is -0.137. The van der Waals surface area contributed by atoms with Gasteiger partial charge in [-0.3, -0.25) is 9.69 Å². The topological polar surface area (TPSA) is 64.4 Å². The molecule has 0 spiro atoms. The molecule has 1 aromatic heterocycles. The van der Waals surface area contributed by atoms with Crippen molar-refractivity contribution in [2.75, 3.05) is 0 Å². The molecule has 0 fully saturated rings. The minimum Gasteiger partial charge on any atom is -0.444 e. The number of fused-ring (bicyclic) bond motifs is 1. The van der Waals surface area contributed by atoms with E-state index in [1.807, 2.05) is 22.6 Å². The van der Waals surface area contributed by atoms with Crippen LogP contribution in [-0.2, 0) is 24.0 Å². The van der Waals surface area contributed by atoms with Gasteiger partial charge in [0.1, 0.15) is 9.30 Å². The van der Waals surface area contributed by atoms with Gasteiger partial charge in [-0.1, -0.05) is 17.7 Å². The summed E-state index contributed by atoms with van der Waals surface area (Å²) in [5.41, 5.74) is -1.61. The second-order valence-electron chi connectivity index (χ2n) is 7.43. The van der Waals surface area contributed by atoms with Crippen molar-refractivity contribution in [3.05, 3.63) is 49.3 Å². The first kappa shape index (κ1) is 21.9. The van der Waals surface area contributed by atoms with E-state index in [9.17, 15) is 22.8 Å². The fraction of sp³-hybridized carbons (Fsp3) is 0.389. The zero-order chi connectivity index (χ0) is 21.7. The van der Waals surface area contributed by atoms with Crippen molar-refractivity contribution in [3.8, 4) is 0 Å². The van der Waals surface area contributed by atoms with Gasteiger partial charge in [0.25, 0.3) is 5.91 Å². The Kier molecular flexibility index (Phi) is 5.63. The molecule has 29 heavy (non-hydrogen) atoms. The zero-order valence-electron chi connectivity index (χ0n) is 15.6. The zero-order valence-corrected chi connectivity index (χ0v) is 18.5. The number of benzene rings is 1. The molecule has 1 aliphatic rings. The van der Waals surface area contributed by atoms with Crippen LogP contribution in [0.4, 0.5) is 18.0 Å². The van der Waals surface area contributed by atoms with E-state index in [2.05, 4.69) is 5.10 Å². The van der Waals surface area contributed by atoms with E-state index in [0.29, 0.717) is 15.0 Å². The Balaban J connectivity index is 1.99. The van der Waals surface area contributed by atoms with E-state index >= 15 is 0 Å². The van der Waals surface area contributed by atoms with Crippen LogP contribution < -0.4 is 0 Å². The van der Waals surface area contributed by atoms with Gasteiger partial charge in [0.2, 0.25) is 0 Å². The van der Waals surface area contributed by atoms with Crippen LogP contribution >= 0.6 is 34.2 Å². The molecule has 11 heteroatoms. The van der Waals surface area contributed by atoms with Crippen LogP contribution in [0.3, 0.4) is 0 Å². The number of hydrogen-bond donors (Lipinski definition) is 0. The highest BCUT2D eigenvalue weighted by atomic mass is 127. The molecule has 156 valence electrons. The number of carbonyl (C=O) groups excluding carboxylic acids is 2. The first-order valence-corrected chi connectivity index (χ1v) is 9.90. The van der Waals surface area contributed by atoms with Crippen molar-refractivity contribution in [1.82, 2.24) is 14.7 Å². The van der Waals surface area contributed by atoms with Crippen LogP contribution in [0.15, 0.2) is 18.2 Å². The van der Waals surface area contributed by atoms with Crippen LogP contribution in [-0.4, -0.2) is 32.3 Å². The van der Waals surface area contributed by atoms with Crippen molar-refractivity contribution >= 4 is 46.2 Å². The van der Waals surface area contributed by atoms with E-state index in [4.69, 9.17) is 16.3 Å².